The van der Waals surface area contributed by atoms with Crippen molar-refractivity contribution in [3.8, 4) is 0 Å². The molecule has 1 aromatic rings. The van der Waals surface area contributed by atoms with Crippen LogP contribution in [-0.2, 0) is 4.79 Å². The monoisotopic (exact) mass is 241 g/mol. The minimum atomic E-state index is -0.348. The maximum Gasteiger partial charge on any atom is 0.286 e. The van der Waals surface area contributed by atoms with Gasteiger partial charge in [0.1, 0.15) is 5.69 Å². The lowest BCUT2D eigenvalue weighted by molar-refractivity contribution is -0.119. The number of rotatable bonds is 5. The van der Waals surface area contributed by atoms with Crippen molar-refractivity contribution in [1.29, 1.82) is 0 Å². The topological polar surface area (TPSA) is 74.0 Å². The molecule has 0 saturated carbocycles. The van der Waals surface area contributed by atoms with Gasteiger partial charge in [0.25, 0.3) is 5.91 Å². The number of carbonyl (C=O) groups excluding carboxylic acids is 2. The van der Waals surface area contributed by atoms with E-state index in [1.54, 1.807) is 18.3 Å². The first-order valence-corrected chi connectivity index (χ1v) is 6.19. The normalized spacial score (nSPS) is 9.81. The van der Waals surface area contributed by atoms with Gasteiger partial charge >= 0.3 is 0 Å². The Bertz CT molecular complexity index is 338. The number of hydrazine groups is 1. The summed E-state index contributed by atoms with van der Waals surface area (Å²) in [6.45, 7) is 2.05. The van der Waals surface area contributed by atoms with Gasteiger partial charge < -0.3 is 4.98 Å². The molecule has 0 atom stereocenters. The van der Waals surface area contributed by atoms with Crippen LogP contribution in [0.2, 0.25) is 0 Å². The molecule has 0 fully saturated rings. The minimum Gasteiger partial charge on any atom is -0.357 e. The second-order valence-electron chi connectivity index (χ2n) is 3.14. The van der Waals surface area contributed by atoms with E-state index in [0.29, 0.717) is 11.4 Å². The van der Waals surface area contributed by atoms with Crippen LogP contribution in [0.3, 0.4) is 0 Å². The smallest absolute Gasteiger partial charge is 0.286 e. The molecule has 0 aliphatic rings. The summed E-state index contributed by atoms with van der Waals surface area (Å²) in [7, 11) is 0. The molecular weight excluding hydrogens is 226 g/mol. The second kappa shape index (κ2) is 6.95. The lowest BCUT2D eigenvalue weighted by Gasteiger charge is -2.05. The SMILES string of the molecule is CCCSCC(=O)NNC(=O)c1ccc[nH]1. The van der Waals surface area contributed by atoms with E-state index < -0.39 is 0 Å². The second-order valence-corrected chi connectivity index (χ2v) is 4.24. The summed E-state index contributed by atoms with van der Waals surface area (Å²) in [5.74, 6) is 0.758. The minimum absolute atomic E-state index is 0.196. The third kappa shape index (κ3) is 4.39. The largest absolute Gasteiger partial charge is 0.357 e. The van der Waals surface area contributed by atoms with Gasteiger partial charge in [-0.25, -0.2) is 0 Å². The Kier molecular flexibility index (Phi) is 5.49. The van der Waals surface area contributed by atoms with Gasteiger partial charge in [-0.05, 0) is 24.3 Å². The summed E-state index contributed by atoms with van der Waals surface area (Å²) in [4.78, 5) is 25.4. The third-order valence-corrected chi connectivity index (χ3v) is 2.90. The molecule has 0 aromatic carbocycles. The zero-order valence-corrected chi connectivity index (χ0v) is 9.89. The molecule has 0 saturated heterocycles. The molecule has 0 aliphatic carbocycles. The van der Waals surface area contributed by atoms with Crippen molar-refractivity contribution in [1.82, 2.24) is 15.8 Å². The van der Waals surface area contributed by atoms with E-state index in [1.807, 2.05) is 0 Å². The molecule has 1 rings (SSSR count). The number of aromatic nitrogens is 1. The molecule has 0 bridgehead atoms. The van der Waals surface area contributed by atoms with Crippen LogP contribution in [0, 0.1) is 0 Å². The number of hydrogen-bond donors (Lipinski definition) is 3. The Hall–Kier alpha value is -1.43. The summed E-state index contributed by atoms with van der Waals surface area (Å²) in [6.07, 6.45) is 2.68. The summed E-state index contributed by atoms with van der Waals surface area (Å²) in [5, 5.41) is 0. The van der Waals surface area contributed by atoms with Crippen LogP contribution in [-0.4, -0.2) is 28.3 Å². The van der Waals surface area contributed by atoms with E-state index in [4.69, 9.17) is 0 Å². The van der Waals surface area contributed by atoms with Crippen LogP contribution < -0.4 is 10.9 Å². The molecule has 0 unspecified atom stereocenters. The lowest BCUT2D eigenvalue weighted by atomic mass is 10.4. The molecule has 88 valence electrons. The fourth-order valence-corrected chi connectivity index (χ4v) is 1.70. The van der Waals surface area contributed by atoms with Crippen LogP contribution in [0.5, 0.6) is 0 Å². The maximum absolute atomic E-state index is 11.4. The van der Waals surface area contributed by atoms with E-state index in [1.165, 1.54) is 11.8 Å². The summed E-state index contributed by atoms with van der Waals surface area (Å²) in [5.41, 5.74) is 5.10. The van der Waals surface area contributed by atoms with Crippen LogP contribution in [0.25, 0.3) is 0 Å². The predicted molar refractivity (Wildman–Crippen MR) is 64.0 cm³/mol. The maximum atomic E-state index is 11.4. The third-order valence-electron chi connectivity index (χ3n) is 1.74. The van der Waals surface area contributed by atoms with Crippen molar-refractivity contribution >= 4 is 23.6 Å². The fraction of sp³-hybridized carbons (Fsp3) is 0.400. The van der Waals surface area contributed by atoms with Gasteiger partial charge in [-0.2, -0.15) is 11.8 Å². The number of hydrogen-bond acceptors (Lipinski definition) is 3. The summed E-state index contributed by atoms with van der Waals surface area (Å²) < 4.78 is 0. The highest BCUT2D eigenvalue weighted by Crippen LogP contribution is 2.00. The van der Waals surface area contributed by atoms with Gasteiger partial charge in [0.2, 0.25) is 5.91 Å². The highest BCUT2D eigenvalue weighted by molar-refractivity contribution is 7.99. The van der Waals surface area contributed by atoms with Gasteiger partial charge in [0, 0.05) is 6.20 Å². The van der Waals surface area contributed by atoms with E-state index in [2.05, 4.69) is 22.8 Å². The Morgan fingerprint density at radius 2 is 2.25 bits per heavy atom. The molecule has 5 nitrogen and oxygen atoms in total. The van der Waals surface area contributed by atoms with Gasteiger partial charge in [0.15, 0.2) is 0 Å². The van der Waals surface area contributed by atoms with Crippen LogP contribution >= 0.6 is 11.8 Å². The lowest BCUT2D eigenvalue weighted by Crippen LogP contribution is -2.42. The van der Waals surface area contributed by atoms with Crippen molar-refractivity contribution in [3.05, 3.63) is 24.0 Å². The van der Waals surface area contributed by atoms with Crippen LogP contribution in [0.1, 0.15) is 23.8 Å². The Labute approximate surface area is 98.3 Å². The first kappa shape index (κ1) is 12.6. The van der Waals surface area contributed by atoms with Gasteiger partial charge in [-0.15, -0.1) is 0 Å². The van der Waals surface area contributed by atoms with E-state index in [0.717, 1.165) is 12.2 Å². The predicted octanol–water partition coefficient (Wildman–Crippen LogP) is 0.919. The molecule has 1 heterocycles. The van der Waals surface area contributed by atoms with Gasteiger partial charge in [-0.3, -0.25) is 20.4 Å². The van der Waals surface area contributed by atoms with Crippen molar-refractivity contribution in [2.45, 2.75) is 13.3 Å². The summed E-state index contributed by atoms with van der Waals surface area (Å²) in [6, 6.07) is 3.35. The highest BCUT2D eigenvalue weighted by atomic mass is 32.2. The van der Waals surface area contributed by atoms with Crippen molar-refractivity contribution in [2.24, 2.45) is 0 Å². The highest BCUT2D eigenvalue weighted by Gasteiger charge is 2.06. The number of thioether (sulfide) groups is 1. The molecule has 0 aliphatic heterocycles. The van der Waals surface area contributed by atoms with E-state index in [9.17, 15) is 9.59 Å². The first-order chi connectivity index (χ1) is 7.74. The average molecular weight is 241 g/mol. The fourth-order valence-electron chi connectivity index (χ4n) is 1.01. The number of H-pyrrole nitrogens is 1. The Balaban J connectivity index is 2.19. The Morgan fingerprint density at radius 3 is 2.88 bits per heavy atom. The molecule has 1 aromatic heterocycles. The quantitative estimate of drug-likeness (QED) is 0.530. The molecule has 6 heteroatoms. The molecule has 16 heavy (non-hydrogen) atoms. The van der Waals surface area contributed by atoms with Gasteiger partial charge in [0.05, 0.1) is 5.75 Å². The molecule has 2 amide bonds. The first-order valence-electron chi connectivity index (χ1n) is 5.04. The van der Waals surface area contributed by atoms with Crippen molar-refractivity contribution in [2.75, 3.05) is 11.5 Å². The standard InChI is InChI=1S/C10H15N3O2S/c1-2-6-16-7-9(14)12-13-10(15)8-4-3-5-11-8/h3-5,11H,2,6-7H2,1H3,(H,12,14)(H,13,15). The molecular formula is C10H15N3O2S. The zero-order valence-electron chi connectivity index (χ0n) is 9.08. The number of amides is 2. The Morgan fingerprint density at radius 1 is 1.44 bits per heavy atom. The van der Waals surface area contributed by atoms with E-state index in [-0.39, 0.29) is 11.8 Å². The van der Waals surface area contributed by atoms with Crippen molar-refractivity contribution in [3.63, 3.8) is 0 Å². The number of nitrogens with one attached hydrogen (secondary N) is 3. The molecule has 0 spiro atoms. The van der Waals surface area contributed by atoms with Gasteiger partial charge in [-0.1, -0.05) is 6.92 Å². The van der Waals surface area contributed by atoms with E-state index >= 15 is 0 Å². The van der Waals surface area contributed by atoms with Crippen LogP contribution in [0.15, 0.2) is 18.3 Å². The average Bonchev–Trinajstić information content (AvgIpc) is 2.79. The summed E-state index contributed by atoms with van der Waals surface area (Å²) >= 11 is 1.54. The molecule has 0 radical (unpaired) electrons. The van der Waals surface area contributed by atoms with Crippen LogP contribution in [0.4, 0.5) is 0 Å². The number of carbonyl (C=O) groups is 2. The van der Waals surface area contributed by atoms with Crippen molar-refractivity contribution < 1.29 is 9.59 Å². The number of aromatic amines is 1. The zero-order chi connectivity index (χ0) is 11.8. The molecule has 3 N–H and O–H groups in total.